The molecular formula is C12H13N5O. The Morgan fingerprint density at radius 2 is 2.22 bits per heavy atom. The second-order valence-corrected chi connectivity index (χ2v) is 4.41. The second-order valence-electron chi connectivity index (χ2n) is 4.41. The minimum absolute atomic E-state index is 0.0636. The molecule has 1 fully saturated rings. The molecule has 92 valence electrons. The largest absolute Gasteiger partial charge is 0.348 e. The van der Waals surface area contributed by atoms with Crippen LogP contribution in [0.4, 0.5) is 0 Å². The van der Waals surface area contributed by atoms with Crippen LogP contribution in [-0.2, 0) is 11.3 Å². The summed E-state index contributed by atoms with van der Waals surface area (Å²) < 4.78 is 0. The maximum atomic E-state index is 11.9. The maximum Gasteiger partial charge on any atom is 0.224 e. The number of benzene rings is 1. The third-order valence-electron chi connectivity index (χ3n) is 3.16. The Hall–Kier alpha value is -2.24. The van der Waals surface area contributed by atoms with Gasteiger partial charge in [0.15, 0.2) is 5.82 Å². The SMILES string of the molecule is O=C(NCc1nn[nH]n1)C1CC1c1ccccc1. The number of amides is 1. The van der Waals surface area contributed by atoms with E-state index in [0.717, 1.165) is 6.42 Å². The van der Waals surface area contributed by atoms with Crippen molar-refractivity contribution in [3.05, 3.63) is 41.7 Å². The van der Waals surface area contributed by atoms with Crippen LogP contribution in [0.2, 0.25) is 0 Å². The highest BCUT2D eigenvalue weighted by Crippen LogP contribution is 2.47. The van der Waals surface area contributed by atoms with Gasteiger partial charge in [0.25, 0.3) is 0 Å². The molecule has 1 heterocycles. The minimum Gasteiger partial charge on any atom is -0.348 e. The quantitative estimate of drug-likeness (QED) is 0.824. The summed E-state index contributed by atoms with van der Waals surface area (Å²) in [5.41, 5.74) is 1.23. The highest BCUT2D eigenvalue weighted by molar-refractivity contribution is 5.82. The van der Waals surface area contributed by atoms with Gasteiger partial charge in [-0.15, -0.1) is 10.2 Å². The van der Waals surface area contributed by atoms with Gasteiger partial charge < -0.3 is 5.32 Å². The molecule has 1 aliphatic carbocycles. The van der Waals surface area contributed by atoms with Crippen LogP contribution >= 0.6 is 0 Å². The standard InChI is InChI=1S/C12H13N5O/c18-12(13-7-11-14-16-17-15-11)10-6-9(10)8-4-2-1-3-5-8/h1-5,9-10H,6-7H2,(H,13,18)(H,14,15,16,17). The molecule has 1 aliphatic rings. The van der Waals surface area contributed by atoms with Crippen LogP contribution in [0.1, 0.15) is 23.7 Å². The van der Waals surface area contributed by atoms with Gasteiger partial charge in [-0.05, 0) is 17.9 Å². The Labute approximate surface area is 104 Å². The summed E-state index contributed by atoms with van der Waals surface area (Å²) in [5.74, 6) is 1.00. The first kappa shape index (κ1) is 10.9. The molecule has 6 nitrogen and oxygen atoms in total. The lowest BCUT2D eigenvalue weighted by molar-refractivity contribution is -0.122. The van der Waals surface area contributed by atoms with Gasteiger partial charge in [-0.3, -0.25) is 4.79 Å². The van der Waals surface area contributed by atoms with Crippen LogP contribution in [0.15, 0.2) is 30.3 Å². The van der Waals surface area contributed by atoms with Crippen LogP contribution in [0.5, 0.6) is 0 Å². The Balaban J connectivity index is 1.53. The molecule has 0 saturated heterocycles. The Kier molecular flexibility index (Phi) is 2.76. The lowest BCUT2D eigenvalue weighted by Gasteiger charge is -2.02. The molecular weight excluding hydrogens is 230 g/mol. The van der Waals surface area contributed by atoms with Gasteiger partial charge in [-0.25, -0.2) is 0 Å². The molecule has 1 saturated carbocycles. The topological polar surface area (TPSA) is 83.6 Å². The number of H-pyrrole nitrogens is 1. The fourth-order valence-corrected chi connectivity index (χ4v) is 2.11. The number of tetrazole rings is 1. The van der Waals surface area contributed by atoms with E-state index in [1.807, 2.05) is 18.2 Å². The summed E-state index contributed by atoms with van der Waals surface area (Å²) in [6.07, 6.45) is 0.919. The fraction of sp³-hybridized carbons (Fsp3) is 0.333. The van der Waals surface area contributed by atoms with Crippen molar-refractivity contribution in [2.24, 2.45) is 5.92 Å². The van der Waals surface area contributed by atoms with E-state index in [4.69, 9.17) is 0 Å². The molecule has 0 radical (unpaired) electrons. The molecule has 0 aliphatic heterocycles. The summed E-state index contributed by atoms with van der Waals surface area (Å²) in [4.78, 5) is 11.9. The van der Waals surface area contributed by atoms with Gasteiger partial charge in [-0.2, -0.15) is 5.21 Å². The summed E-state index contributed by atoms with van der Waals surface area (Å²) in [7, 11) is 0. The lowest BCUT2D eigenvalue weighted by Crippen LogP contribution is -2.25. The van der Waals surface area contributed by atoms with E-state index in [-0.39, 0.29) is 11.8 Å². The third kappa shape index (κ3) is 2.22. The van der Waals surface area contributed by atoms with Crippen molar-refractivity contribution in [1.29, 1.82) is 0 Å². The normalized spacial score (nSPS) is 21.6. The van der Waals surface area contributed by atoms with Crippen LogP contribution in [0, 0.1) is 5.92 Å². The zero-order valence-corrected chi connectivity index (χ0v) is 9.71. The number of aromatic nitrogens is 4. The first-order valence-electron chi connectivity index (χ1n) is 5.89. The van der Waals surface area contributed by atoms with E-state index in [1.165, 1.54) is 5.56 Å². The van der Waals surface area contributed by atoms with Crippen LogP contribution < -0.4 is 5.32 Å². The van der Waals surface area contributed by atoms with Crippen molar-refractivity contribution in [3.63, 3.8) is 0 Å². The predicted octanol–water partition coefficient (Wildman–Crippen LogP) is 0.620. The predicted molar refractivity (Wildman–Crippen MR) is 63.3 cm³/mol. The molecule has 2 N–H and O–H groups in total. The van der Waals surface area contributed by atoms with E-state index in [1.54, 1.807) is 0 Å². The van der Waals surface area contributed by atoms with Crippen LogP contribution in [0.3, 0.4) is 0 Å². The zero-order chi connectivity index (χ0) is 12.4. The average molecular weight is 243 g/mol. The van der Waals surface area contributed by atoms with Crippen molar-refractivity contribution in [2.75, 3.05) is 0 Å². The molecule has 2 atom stereocenters. The van der Waals surface area contributed by atoms with Gasteiger partial charge in [0.1, 0.15) is 0 Å². The van der Waals surface area contributed by atoms with Crippen LogP contribution in [-0.4, -0.2) is 26.5 Å². The summed E-state index contributed by atoms with van der Waals surface area (Å²) in [5, 5.41) is 16.2. The van der Waals surface area contributed by atoms with Gasteiger partial charge >= 0.3 is 0 Å². The van der Waals surface area contributed by atoms with E-state index >= 15 is 0 Å². The number of nitrogens with one attached hydrogen (secondary N) is 2. The van der Waals surface area contributed by atoms with Crippen LogP contribution in [0.25, 0.3) is 0 Å². The van der Waals surface area contributed by atoms with E-state index < -0.39 is 0 Å². The number of hydrogen-bond donors (Lipinski definition) is 2. The highest BCUT2D eigenvalue weighted by Gasteiger charge is 2.43. The molecule has 1 amide bonds. The van der Waals surface area contributed by atoms with Gasteiger partial charge in [0.05, 0.1) is 6.54 Å². The molecule has 6 heteroatoms. The maximum absolute atomic E-state index is 11.9. The number of carbonyl (C=O) groups excluding carboxylic acids is 1. The minimum atomic E-state index is 0.0636. The first-order chi connectivity index (χ1) is 8.84. The summed E-state index contributed by atoms with van der Waals surface area (Å²) in [6, 6.07) is 10.1. The average Bonchev–Trinajstić information content (AvgIpc) is 3.05. The van der Waals surface area contributed by atoms with Gasteiger partial charge in [0.2, 0.25) is 5.91 Å². The first-order valence-corrected chi connectivity index (χ1v) is 5.89. The second kappa shape index (κ2) is 4.56. The molecule has 18 heavy (non-hydrogen) atoms. The molecule has 1 aromatic carbocycles. The van der Waals surface area contributed by atoms with Crippen molar-refractivity contribution < 1.29 is 4.79 Å². The monoisotopic (exact) mass is 243 g/mol. The van der Waals surface area contributed by atoms with Crippen molar-refractivity contribution in [3.8, 4) is 0 Å². The highest BCUT2D eigenvalue weighted by atomic mass is 16.2. The molecule has 0 spiro atoms. The number of rotatable bonds is 4. The smallest absolute Gasteiger partial charge is 0.224 e. The molecule has 3 rings (SSSR count). The lowest BCUT2D eigenvalue weighted by atomic mass is 10.1. The Bertz CT molecular complexity index is 525. The fourth-order valence-electron chi connectivity index (χ4n) is 2.11. The van der Waals surface area contributed by atoms with E-state index in [0.29, 0.717) is 18.3 Å². The molecule has 2 unspecified atom stereocenters. The molecule has 0 bridgehead atoms. The zero-order valence-electron chi connectivity index (χ0n) is 9.71. The Morgan fingerprint density at radius 3 is 2.94 bits per heavy atom. The van der Waals surface area contributed by atoms with Crippen molar-refractivity contribution in [2.45, 2.75) is 18.9 Å². The van der Waals surface area contributed by atoms with Crippen molar-refractivity contribution >= 4 is 5.91 Å². The number of nitrogens with zero attached hydrogens (tertiary/aromatic N) is 3. The van der Waals surface area contributed by atoms with E-state index in [9.17, 15) is 4.79 Å². The summed E-state index contributed by atoms with van der Waals surface area (Å²) >= 11 is 0. The number of aromatic amines is 1. The third-order valence-corrected chi connectivity index (χ3v) is 3.16. The van der Waals surface area contributed by atoms with Crippen molar-refractivity contribution in [1.82, 2.24) is 25.9 Å². The van der Waals surface area contributed by atoms with Gasteiger partial charge in [-0.1, -0.05) is 35.5 Å². The Morgan fingerprint density at radius 1 is 1.39 bits per heavy atom. The molecule has 1 aromatic heterocycles. The number of hydrogen-bond acceptors (Lipinski definition) is 4. The molecule has 2 aromatic rings. The summed E-state index contributed by atoms with van der Waals surface area (Å²) in [6.45, 7) is 0.327. The van der Waals surface area contributed by atoms with E-state index in [2.05, 4.69) is 38.1 Å². The number of carbonyl (C=O) groups is 1. The van der Waals surface area contributed by atoms with Gasteiger partial charge in [0, 0.05) is 5.92 Å².